The van der Waals surface area contributed by atoms with Crippen LogP contribution in [-0.4, -0.2) is 54.5 Å². The van der Waals surface area contributed by atoms with Gasteiger partial charge in [-0.2, -0.15) is 0 Å². The van der Waals surface area contributed by atoms with Crippen LogP contribution in [0.1, 0.15) is 28.8 Å². The molecule has 1 aromatic carbocycles. The summed E-state index contributed by atoms with van der Waals surface area (Å²) in [7, 11) is 0. The fraction of sp³-hybridized carbons (Fsp3) is 0.409. The second kappa shape index (κ2) is 8.11. The Labute approximate surface area is 170 Å². The minimum atomic E-state index is -0.466. The highest BCUT2D eigenvalue weighted by Crippen LogP contribution is 2.40. The second-order valence-corrected chi connectivity index (χ2v) is 8.08. The van der Waals surface area contributed by atoms with Crippen molar-refractivity contribution in [3.63, 3.8) is 0 Å². The molecule has 2 aliphatic heterocycles. The number of carbonyl (C=O) groups is 2. The number of nitrogens with zero attached hydrogens (tertiary/aromatic N) is 3. The average molecular weight is 393 g/mol. The number of carbonyl (C=O) groups excluding carboxylic acids is 2. The van der Waals surface area contributed by atoms with Crippen LogP contribution >= 0.6 is 0 Å². The summed E-state index contributed by atoms with van der Waals surface area (Å²) < 4.78 is 0. The van der Waals surface area contributed by atoms with Gasteiger partial charge < -0.3 is 20.9 Å². The molecule has 7 heteroatoms. The van der Waals surface area contributed by atoms with Gasteiger partial charge in [-0.3, -0.25) is 4.79 Å². The summed E-state index contributed by atoms with van der Waals surface area (Å²) in [5.74, 6) is 0.393. The van der Waals surface area contributed by atoms with E-state index in [4.69, 9.17) is 5.73 Å². The molecule has 1 unspecified atom stereocenters. The molecule has 2 saturated heterocycles. The first-order chi connectivity index (χ1) is 14.0. The van der Waals surface area contributed by atoms with Crippen LogP contribution in [0.5, 0.6) is 0 Å². The number of rotatable bonds is 5. The number of hydrogen-bond acceptors (Lipinski definition) is 4. The molecule has 29 heavy (non-hydrogen) atoms. The molecule has 0 aliphatic carbocycles. The van der Waals surface area contributed by atoms with Crippen LogP contribution in [0.15, 0.2) is 48.7 Å². The van der Waals surface area contributed by atoms with E-state index in [1.54, 1.807) is 6.07 Å². The zero-order valence-electron chi connectivity index (χ0n) is 16.5. The lowest BCUT2D eigenvalue weighted by molar-refractivity contribution is 0.1000. The molecule has 1 aromatic heterocycles. The highest BCUT2D eigenvalue weighted by molar-refractivity contribution is 5.92. The summed E-state index contributed by atoms with van der Waals surface area (Å²) in [5.41, 5.74) is 7.06. The van der Waals surface area contributed by atoms with E-state index < -0.39 is 5.91 Å². The molecule has 152 valence electrons. The number of pyridine rings is 1. The Morgan fingerprint density at radius 2 is 1.86 bits per heavy atom. The molecular weight excluding hydrogens is 366 g/mol. The van der Waals surface area contributed by atoms with Crippen LogP contribution in [0.3, 0.4) is 0 Å². The maximum Gasteiger partial charge on any atom is 0.317 e. The van der Waals surface area contributed by atoms with Crippen molar-refractivity contribution in [2.45, 2.75) is 19.3 Å². The predicted molar refractivity (Wildman–Crippen MR) is 112 cm³/mol. The molecule has 0 bridgehead atoms. The lowest BCUT2D eigenvalue weighted by Gasteiger charge is -2.25. The number of likely N-dealkylation sites (tertiary alicyclic amines) is 1. The first kappa shape index (κ1) is 19.2. The van der Waals surface area contributed by atoms with Crippen molar-refractivity contribution in [2.75, 3.05) is 37.6 Å². The minimum Gasteiger partial charge on any atom is -0.366 e. The van der Waals surface area contributed by atoms with Crippen molar-refractivity contribution in [1.82, 2.24) is 15.2 Å². The highest BCUT2D eigenvalue weighted by atomic mass is 16.2. The van der Waals surface area contributed by atoms with Gasteiger partial charge in [0, 0.05) is 44.3 Å². The number of benzene rings is 1. The van der Waals surface area contributed by atoms with Gasteiger partial charge in [0.15, 0.2) is 0 Å². The first-order valence-electron chi connectivity index (χ1n) is 10.1. The van der Waals surface area contributed by atoms with Crippen molar-refractivity contribution in [3.8, 4) is 0 Å². The first-order valence-corrected chi connectivity index (χ1v) is 10.1. The standard InChI is InChI=1S/C22H27N5O2/c23-20(28)18-6-7-19(25-14-18)26-12-9-22(15-26)10-13-27(16-22)21(29)24-11-8-17-4-2-1-3-5-17/h1-7,14H,8-13,15-16H2,(H2,23,28)(H,24,29). The second-order valence-electron chi connectivity index (χ2n) is 8.08. The molecule has 3 amide bonds. The van der Waals surface area contributed by atoms with E-state index in [1.807, 2.05) is 29.2 Å². The molecule has 0 saturated carbocycles. The molecule has 1 atom stereocenters. The highest BCUT2D eigenvalue weighted by Gasteiger charge is 2.45. The van der Waals surface area contributed by atoms with Gasteiger partial charge in [0.25, 0.3) is 0 Å². The largest absolute Gasteiger partial charge is 0.366 e. The SMILES string of the molecule is NC(=O)c1ccc(N2CCC3(CCN(C(=O)NCCc4ccccc4)C3)C2)nc1. The molecule has 7 nitrogen and oxygen atoms in total. The van der Waals surface area contributed by atoms with Crippen LogP contribution < -0.4 is 16.0 Å². The molecule has 4 rings (SSSR count). The molecule has 3 N–H and O–H groups in total. The van der Waals surface area contributed by atoms with Gasteiger partial charge in [0.2, 0.25) is 5.91 Å². The summed E-state index contributed by atoms with van der Waals surface area (Å²) >= 11 is 0. The average Bonchev–Trinajstić information content (AvgIpc) is 3.36. The van der Waals surface area contributed by atoms with Crippen molar-refractivity contribution < 1.29 is 9.59 Å². The van der Waals surface area contributed by atoms with Gasteiger partial charge in [0.1, 0.15) is 5.82 Å². The van der Waals surface area contributed by atoms with E-state index in [9.17, 15) is 9.59 Å². The van der Waals surface area contributed by atoms with Gasteiger partial charge in [-0.25, -0.2) is 9.78 Å². The van der Waals surface area contributed by atoms with Crippen LogP contribution in [0.2, 0.25) is 0 Å². The third kappa shape index (κ3) is 4.34. The number of hydrogen-bond donors (Lipinski definition) is 2. The molecule has 3 heterocycles. The van der Waals surface area contributed by atoms with Crippen LogP contribution in [-0.2, 0) is 6.42 Å². The Morgan fingerprint density at radius 1 is 1.07 bits per heavy atom. The molecule has 2 aromatic rings. The van der Waals surface area contributed by atoms with E-state index in [0.29, 0.717) is 12.1 Å². The number of aromatic nitrogens is 1. The normalized spacial score (nSPS) is 21.0. The summed E-state index contributed by atoms with van der Waals surface area (Å²) in [6.45, 7) is 4.00. The number of amides is 3. The van der Waals surface area contributed by atoms with Gasteiger partial charge in [0.05, 0.1) is 5.56 Å². The van der Waals surface area contributed by atoms with Gasteiger partial charge >= 0.3 is 6.03 Å². The maximum atomic E-state index is 12.6. The lowest BCUT2D eigenvalue weighted by Crippen LogP contribution is -2.41. The third-order valence-electron chi connectivity index (χ3n) is 6.05. The van der Waals surface area contributed by atoms with Crippen molar-refractivity contribution in [3.05, 3.63) is 59.8 Å². The van der Waals surface area contributed by atoms with Gasteiger partial charge in [-0.05, 0) is 37.0 Å². The minimum absolute atomic E-state index is 0.0280. The smallest absolute Gasteiger partial charge is 0.317 e. The van der Waals surface area contributed by atoms with Crippen molar-refractivity contribution in [1.29, 1.82) is 0 Å². The monoisotopic (exact) mass is 393 g/mol. The summed E-state index contributed by atoms with van der Waals surface area (Å²) in [5, 5.41) is 3.06. The molecule has 0 radical (unpaired) electrons. The van der Waals surface area contributed by atoms with E-state index in [-0.39, 0.29) is 11.4 Å². The number of primary amides is 1. The topological polar surface area (TPSA) is 91.6 Å². The van der Waals surface area contributed by atoms with Crippen LogP contribution in [0, 0.1) is 5.41 Å². The summed E-state index contributed by atoms with van der Waals surface area (Å²) in [6, 6.07) is 13.8. The summed E-state index contributed by atoms with van der Waals surface area (Å²) in [4.78, 5) is 32.4. The number of anilines is 1. The predicted octanol–water partition coefficient (Wildman–Crippen LogP) is 2.03. The van der Waals surface area contributed by atoms with E-state index >= 15 is 0 Å². The zero-order chi connectivity index (χ0) is 20.3. The Bertz CT molecular complexity index is 871. The Hall–Kier alpha value is -3.09. The number of urea groups is 1. The van der Waals surface area contributed by atoms with E-state index in [2.05, 4.69) is 27.3 Å². The van der Waals surface area contributed by atoms with E-state index in [1.165, 1.54) is 11.8 Å². The molecule has 1 spiro atoms. The van der Waals surface area contributed by atoms with Gasteiger partial charge in [-0.1, -0.05) is 30.3 Å². The Kier molecular flexibility index (Phi) is 5.38. The molecule has 2 aliphatic rings. The van der Waals surface area contributed by atoms with Crippen molar-refractivity contribution >= 4 is 17.8 Å². The number of nitrogens with two attached hydrogens (primary N) is 1. The quantitative estimate of drug-likeness (QED) is 0.813. The maximum absolute atomic E-state index is 12.6. The molecule has 2 fully saturated rings. The fourth-order valence-corrected chi connectivity index (χ4v) is 4.36. The van der Waals surface area contributed by atoms with Crippen LogP contribution in [0.4, 0.5) is 10.6 Å². The van der Waals surface area contributed by atoms with E-state index in [0.717, 1.165) is 51.3 Å². The molecular formula is C22H27N5O2. The fourth-order valence-electron chi connectivity index (χ4n) is 4.36. The van der Waals surface area contributed by atoms with Crippen LogP contribution in [0.25, 0.3) is 0 Å². The Morgan fingerprint density at radius 3 is 2.59 bits per heavy atom. The van der Waals surface area contributed by atoms with Gasteiger partial charge in [-0.15, -0.1) is 0 Å². The Balaban J connectivity index is 1.28. The van der Waals surface area contributed by atoms with Crippen molar-refractivity contribution in [2.24, 2.45) is 11.1 Å². The number of nitrogens with one attached hydrogen (secondary N) is 1. The lowest BCUT2D eigenvalue weighted by atomic mass is 9.86. The summed E-state index contributed by atoms with van der Waals surface area (Å²) in [6.07, 6.45) is 4.42. The zero-order valence-corrected chi connectivity index (χ0v) is 16.5. The third-order valence-corrected chi connectivity index (χ3v) is 6.05.